The zero-order valence-electron chi connectivity index (χ0n) is 9.30. The third-order valence-electron chi connectivity index (χ3n) is 2.36. The first-order valence-electron chi connectivity index (χ1n) is 5.42. The predicted molar refractivity (Wildman–Crippen MR) is 67.0 cm³/mol. The van der Waals surface area contributed by atoms with E-state index in [1.807, 2.05) is 36.4 Å². The van der Waals surface area contributed by atoms with Gasteiger partial charge in [0.1, 0.15) is 11.9 Å². The molecule has 0 spiro atoms. The van der Waals surface area contributed by atoms with Crippen molar-refractivity contribution in [1.82, 2.24) is 0 Å². The molecule has 1 atom stereocenters. The van der Waals surface area contributed by atoms with Crippen LogP contribution in [0, 0.1) is 0 Å². The maximum Gasteiger partial charge on any atom is 0.140 e. The summed E-state index contributed by atoms with van der Waals surface area (Å²) in [5.74, 6) is 0.751. The summed E-state index contributed by atoms with van der Waals surface area (Å²) < 4.78 is 11.1. The lowest BCUT2D eigenvalue weighted by atomic mass is 10.1. The number of hydrogen-bond acceptors (Lipinski definition) is 3. The zero-order valence-corrected chi connectivity index (χ0v) is 10.1. The Hall–Kier alpha value is -1.29. The Kier molecular flexibility index (Phi) is 4.20. The molecule has 0 fully saturated rings. The van der Waals surface area contributed by atoms with E-state index in [9.17, 15) is 0 Å². The van der Waals surface area contributed by atoms with Gasteiger partial charge in [0.25, 0.3) is 0 Å². The molecule has 0 radical (unpaired) electrons. The van der Waals surface area contributed by atoms with Gasteiger partial charge in [-0.05, 0) is 29.8 Å². The van der Waals surface area contributed by atoms with E-state index in [2.05, 4.69) is 0 Å². The lowest BCUT2D eigenvalue weighted by molar-refractivity contribution is 0.0710. The van der Waals surface area contributed by atoms with Gasteiger partial charge in [-0.25, -0.2) is 0 Å². The molecule has 90 valence electrons. The van der Waals surface area contributed by atoms with Gasteiger partial charge in [0.15, 0.2) is 0 Å². The highest BCUT2D eigenvalue weighted by Gasteiger charge is 2.17. The number of nitrogens with two attached hydrogens (primary N) is 1. The van der Waals surface area contributed by atoms with Crippen LogP contribution in [-0.4, -0.2) is 13.2 Å². The summed E-state index contributed by atoms with van der Waals surface area (Å²) in [6, 6.07) is 11.2. The molecule has 0 aliphatic rings. The molecule has 1 aromatic heterocycles. The summed E-state index contributed by atoms with van der Waals surface area (Å²) in [5.41, 5.74) is 6.42. The zero-order chi connectivity index (χ0) is 12.1. The van der Waals surface area contributed by atoms with Crippen LogP contribution in [0.3, 0.4) is 0 Å². The van der Waals surface area contributed by atoms with E-state index in [1.54, 1.807) is 6.26 Å². The van der Waals surface area contributed by atoms with Gasteiger partial charge >= 0.3 is 0 Å². The van der Waals surface area contributed by atoms with Crippen molar-refractivity contribution < 1.29 is 9.15 Å². The Morgan fingerprint density at radius 3 is 2.82 bits per heavy atom. The average Bonchev–Trinajstić information content (AvgIpc) is 2.83. The predicted octanol–water partition coefficient (Wildman–Crippen LogP) is 3.00. The fourth-order valence-electron chi connectivity index (χ4n) is 1.64. The summed E-state index contributed by atoms with van der Waals surface area (Å²) >= 11 is 5.97. The van der Waals surface area contributed by atoms with Crippen molar-refractivity contribution in [2.45, 2.75) is 6.10 Å². The monoisotopic (exact) mass is 251 g/mol. The van der Waals surface area contributed by atoms with Crippen LogP contribution in [-0.2, 0) is 4.74 Å². The standard InChI is InChI=1S/C13H14ClNO2/c14-11-4-1-3-10(9-11)13(17-8-6-15)12-5-2-7-16-12/h1-5,7,9,13H,6,8,15H2. The smallest absolute Gasteiger partial charge is 0.140 e. The van der Waals surface area contributed by atoms with Crippen LogP contribution in [0.25, 0.3) is 0 Å². The number of benzene rings is 1. The van der Waals surface area contributed by atoms with E-state index < -0.39 is 0 Å². The molecule has 1 aromatic carbocycles. The van der Waals surface area contributed by atoms with Crippen LogP contribution >= 0.6 is 11.6 Å². The van der Waals surface area contributed by atoms with Gasteiger partial charge in [0, 0.05) is 11.6 Å². The number of rotatable bonds is 5. The number of halogens is 1. The van der Waals surface area contributed by atoms with Crippen molar-refractivity contribution in [3.05, 3.63) is 59.0 Å². The normalized spacial score (nSPS) is 12.6. The Labute approximate surface area is 105 Å². The van der Waals surface area contributed by atoms with Crippen molar-refractivity contribution in [3.8, 4) is 0 Å². The van der Waals surface area contributed by atoms with Crippen LogP contribution in [0.1, 0.15) is 17.4 Å². The van der Waals surface area contributed by atoms with E-state index in [0.29, 0.717) is 18.2 Å². The van der Waals surface area contributed by atoms with Gasteiger partial charge < -0.3 is 14.9 Å². The molecule has 2 N–H and O–H groups in total. The lowest BCUT2D eigenvalue weighted by Crippen LogP contribution is -2.13. The Morgan fingerprint density at radius 2 is 2.18 bits per heavy atom. The molecular formula is C13H14ClNO2. The van der Waals surface area contributed by atoms with Crippen molar-refractivity contribution in [3.63, 3.8) is 0 Å². The van der Waals surface area contributed by atoms with Crippen molar-refractivity contribution in [1.29, 1.82) is 0 Å². The van der Waals surface area contributed by atoms with E-state index in [-0.39, 0.29) is 6.10 Å². The van der Waals surface area contributed by atoms with Gasteiger partial charge in [-0.3, -0.25) is 0 Å². The van der Waals surface area contributed by atoms with Crippen LogP contribution < -0.4 is 5.73 Å². The summed E-state index contributed by atoms with van der Waals surface area (Å²) in [4.78, 5) is 0. The molecule has 2 aromatic rings. The molecule has 3 nitrogen and oxygen atoms in total. The van der Waals surface area contributed by atoms with Crippen LogP contribution in [0.15, 0.2) is 47.1 Å². The second-order valence-electron chi connectivity index (χ2n) is 3.61. The van der Waals surface area contributed by atoms with Gasteiger partial charge in [-0.1, -0.05) is 23.7 Å². The molecular weight excluding hydrogens is 238 g/mol. The molecule has 0 bridgehead atoms. The van der Waals surface area contributed by atoms with E-state index in [4.69, 9.17) is 26.5 Å². The third kappa shape index (κ3) is 3.09. The van der Waals surface area contributed by atoms with Crippen molar-refractivity contribution in [2.24, 2.45) is 5.73 Å². The maximum atomic E-state index is 5.97. The highest BCUT2D eigenvalue weighted by molar-refractivity contribution is 6.30. The van der Waals surface area contributed by atoms with Gasteiger partial charge in [-0.15, -0.1) is 0 Å². The fraction of sp³-hybridized carbons (Fsp3) is 0.231. The third-order valence-corrected chi connectivity index (χ3v) is 2.59. The number of ether oxygens (including phenoxy) is 1. The summed E-state index contributed by atoms with van der Waals surface area (Å²) in [7, 11) is 0. The van der Waals surface area contributed by atoms with E-state index in [0.717, 1.165) is 11.3 Å². The molecule has 2 rings (SSSR count). The Balaban J connectivity index is 2.27. The minimum absolute atomic E-state index is 0.257. The minimum atomic E-state index is -0.257. The van der Waals surface area contributed by atoms with Crippen molar-refractivity contribution >= 4 is 11.6 Å². The molecule has 0 aliphatic carbocycles. The molecule has 1 heterocycles. The summed E-state index contributed by atoms with van der Waals surface area (Å²) in [6.07, 6.45) is 1.37. The van der Waals surface area contributed by atoms with Crippen LogP contribution in [0.2, 0.25) is 5.02 Å². The highest BCUT2D eigenvalue weighted by Crippen LogP contribution is 2.27. The number of furan rings is 1. The second-order valence-corrected chi connectivity index (χ2v) is 4.05. The largest absolute Gasteiger partial charge is 0.466 e. The maximum absolute atomic E-state index is 5.97. The van der Waals surface area contributed by atoms with Crippen LogP contribution in [0.4, 0.5) is 0 Å². The topological polar surface area (TPSA) is 48.4 Å². The minimum Gasteiger partial charge on any atom is -0.466 e. The van der Waals surface area contributed by atoms with Gasteiger partial charge in [-0.2, -0.15) is 0 Å². The average molecular weight is 252 g/mol. The molecule has 0 saturated heterocycles. The first kappa shape index (κ1) is 12.2. The second kappa shape index (κ2) is 5.87. The molecule has 1 unspecified atom stereocenters. The number of hydrogen-bond donors (Lipinski definition) is 1. The Morgan fingerprint density at radius 1 is 1.29 bits per heavy atom. The summed E-state index contributed by atoms with van der Waals surface area (Å²) in [6.45, 7) is 0.940. The van der Waals surface area contributed by atoms with Crippen molar-refractivity contribution in [2.75, 3.05) is 13.2 Å². The molecule has 17 heavy (non-hydrogen) atoms. The Bertz CT molecular complexity index is 456. The first-order valence-corrected chi connectivity index (χ1v) is 5.79. The van der Waals surface area contributed by atoms with E-state index in [1.165, 1.54) is 0 Å². The summed E-state index contributed by atoms with van der Waals surface area (Å²) in [5, 5.41) is 0.676. The fourth-order valence-corrected chi connectivity index (χ4v) is 1.84. The highest BCUT2D eigenvalue weighted by atomic mass is 35.5. The quantitative estimate of drug-likeness (QED) is 0.889. The van der Waals surface area contributed by atoms with Crippen LogP contribution in [0.5, 0.6) is 0 Å². The first-order chi connectivity index (χ1) is 8.31. The lowest BCUT2D eigenvalue weighted by Gasteiger charge is -2.16. The molecule has 0 aliphatic heterocycles. The molecule has 0 saturated carbocycles. The van der Waals surface area contributed by atoms with Gasteiger partial charge in [0.2, 0.25) is 0 Å². The SMILES string of the molecule is NCCOC(c1cccc(Cl)c1)c1ccco1. The molecule has 4 heteroatoms. The van der Waals surface area contributed by atoms with Gasteiger partial charge in [0.05, 0.1) is 12.9 Å². The molecule has 0 amide bonds. The van der Waals surface area contributed by atoms with E-state index >= 15 is 0 Å².